The van der Waals surface area contributed by atoms with Crippen molar-refractivity contribution in [1.82, 2.24) is 9.55 Å². The summed E-state index contributed by atoms with van der Waals surface area (Å²) >= 11 is 6.06. The van der Waals surface area contributed by atoms with Gasteiger partial charge in [0.2, 0.25) is 0 Å². The van der Waals surface area contributed by atoms with Gasteiger partial charge in [-0.1, -0.05) is 24.4 Å². The molecule has 15 heavy (non-hydrogen) atoms. The molecule has 0 atom stereocenters. The summed E-state index contributed by atoms with van der Waals surface area (Å²) in [7, 11) is 2.00. The SMILES string of the molecule is Cn1c(C2CCCC2)nc(Cl)c1CCO. The second-order valence-corrected chi connectivity index (χ2v) is 4.58. The molecule has 1 N–H and O–H groups in total. The molecule has 2 rings (SSSR count). The zero-order valence-electron chi connectivity index (χ0n) is 9.04. The van der Waals surface area contributed by atoms with Crippen LogP contribution in [0.3, 0.4) is 0 Å². The van der Waals surface area contributed by atoms with Gasteiger partial charge in [0.25, 0.3) is 0 Å². The molecule has 0 unspecified atom stereocenters. The van der Waals surface area contributed by atoms with Crippen molar-refractivity contribution >= 4 is 11.6 Å². The summed E-state index contributed by atoms with van der Waals surface area (Å²) in [5, 5.41) is 9.51. The fourth-order valence-electron chi connectivity index (χ4n) is 2.44. The number of aliphatic hydroxyl groups excluding tert-OH is 1. The molecule has 1 saturated carbocycles. The van der Waals surface area contributed by atoms with Crippen molar-refractivity contribution in [3.05, 3.63) is 16.7 Å². The normalized spacial score (nSPS) is 17.5. The Morgan fingerprint density at radius 1 is 1.47 bits per heavy atom. The first-order chi connectivity index (χ1) is 7.24. The van der Waals surface area contributed by atoms with Gasteiger partial charge in [0.15, 0.2) is 5.15 Å². The number of aliphatic hydroxyl groups is 1. The van der Waals surface area contributed by atoms with E-state index in [1.807, 2.05) is 7.05 Å². The summed E-state index contributed by atoms with van der Waals surface area (Å²) in [6.07, 6.45) is 5.63. The summed E-state index contributed by atoms with van der Waals surface area (Å²) in [6, 6.07) is 0. The first-order valence-electron chi connectivity index (χ1n) is 5.56. The minimum Gasteiger partial charge on any atom is -0.396 e. The Balaban J connectivity index is 2.27. The molecule has 84 valence electrons. The fraction of sp³-hybridized carbons (Fsp3) is 0.727. The van der Waals surface area contributed by atoms with Gasteiger partial charge in [-0.2, -0.15) is 0 Å². The van der Waals surface area contributed by atoms with Crippen LogP contribution in [0.1, 0.15) is 43.1 Å². The highest BCUT2D eigenvalue weighted by molar-refractivity contribution is 6.30. The van der Waals surface area contributed by atoms with E-state index >= 15 is 0 Å². The predicted molar refractivity (Wildman–Crippen MR) is 60.2 cm³/mol. The van der Waals surface area contributed by atoms with Gasteiger partial charge in [-0.15, -0.1) is 0 Å². The van der Waals surface area contributed by atoms with Crippen LogP contribution >= 0.6 is 11.6 Å². The molecule has 1 aromatic heterocycles. The molecule has 4 heteroatoms. The Kier molecular flexibility index (Phi) is 3.32. The highest BCUT2D eigenvalue weighted by Crippen LogP contribution is 2.34. The number of hydrogen-bond acceptors (Lipinski definition) is 2. The number of hydrogen-bond donors (Lipinski definition) is 1. The van der Waals surface area contributed by atoms with E-state index in [1.54, 1.807) is 0 Å². The number of aromatic nitrogens is 2. The van der Waals surface area contributed by atoms with Crippen LogP contribution in [0, 0.1) is 0 Å². The maximum atomic E-state index is 8.94. The Morgan fingerprint density at radius 3 is 2.73 bits per heavy atom. The summed E-state index contributed by atoms with van der Waals surface area (Å²) < 4.78 is 2.06. The van der Waals surface area contributed by atoms with Crippen molar-refractivity contribution in [3.63, 3.8) is 0 Å². The molecule has 0 aliphatic heterocycles. The van der Waals surface area contributed by atoms with Crippen molar-refractivity contribution in [1.29, 1.82) is 0 Å². The molecular weight excluding hydrogens is 212 g/mol. The van der Waals surface area contributed by atoms with Crippen molar-refractivity contribution < 1.29 is 5.11 Å². The Labute approximate surface area is 95.1 Å². The standard InChI is InChI=1S/C11H17ClN2O/c1-14-9(6-7-15)10(12)13-11(14)8-4-2-3-5-8/h8,15H,2-7H2,1H3. The fourth-order valence-corrected chi connectivity index (χ4v) is 2.75. The molecule has 1 aliphatic rings. The van der Waals surface area contributed by atoms with Gasteiger partial charge >= 0.3 is 0 Å². The van der Waals surface area contributed by atoms with Crippen LogP contribution in [0.4, 0.5) is 0 Å². The molecule has 0 aromatic carbocycles. The van der Waals surface area contributed by atoms with E-state index in [0.29, 0.717) is 17.5 Å². The second-order valence-electron chi connectivity index (χ2n) is 4.22. The molecular formula is C11H17ClN2O. The quantitative estimate of drug-likeness (QED) is 0.862. The second kappa shape index (κ2) is 4.54. The van der Waals surface area contributed by atoms with Gasteiger partial charge in [-0.05, 0) is 12.8 Å². The van der Waals surface area contributed by atoms with E-state index in [1.165, 1.54) is 25.7 Å². The third-order valence-electron chi connectivity index (χ3n) is 3.27. The summed E-state index contributed by atoms with van der Waals surface area (Å²) in [4.78, 5) is 4.43. The molecule has 0 saturated heterocycles. The third kappa shape index (κ3) is 2.04. The first kappa shape index (κ1) is 11.0. The smallest absolute Gasteiger partial charge is 0.150 e. The van der Waals surface area contributed by atoms with E-state index in [4.69, 9.17) is 16.7 Å². The minimum atomic E-state index is 0.128. The lowest BCUT2D eigenvalue weighted by atomic mass is 10.1. The summed E-state index contributed by atoms with van der Waals surface area (Å²) in [5.41, 5.74) is 0.959. The van der Waals surface area contributed by atoms with E-state index in [0.717, 1.165) is 11.5 Å². The average molecular weight is 229 g/mol. The van der Waals surface area contributed by atoms with Gasteiger partial charge in [-0.25, -0.2) is 4.98 Å². The molecule has 1 aliphatic carbocycles. The monoisotopic (exact) mass is 228 g/mol. The molecule has 0 bridgehead atoms. The summed E-state index contributed by atoms with van der Waals surface area (Å²) in [5.74, 6) is 1.67. The lowest BCUT2D eigenvalue weighted by Gasteiger charge is -2.10. The van der Waals surface area contributed by atoms with E-state index in [-0.39, 0.29) is 6.61 Å². The highest BCUT2D eigenvalue weighted by atomic mass is 35.5. The van der Waals surface area contributed by atoms with Gasteiger partial charge in [-0.3, -0.25) is 0 Å². The average Bonchev–Trinajstić information content (AvgIpc) is 2.81. The number of halogens is 1. The van der Waals surface area contributed by atoms with Crippen molar-refractivity contribution in [3.8, 4) is 0 Å². The number of imidazole rings is 1. The van der Waals surface area contributed by atoms with Crippen molar-refractivity contribution in [2.45, 2.75) is 38.0 Å². The summed E-state index contributed by atoms with van der Waals surface area (Å²) in [6.45, 7) is 0.128. The molecule has 0 spiro atoms. The lowest BCUT2D eigenvalue weighted by molar-refractivity contribution is 0.296. The highest BCUT2D eigenvalue weighted by Gasteiger charge is 2.23. The predicted octanol–water partition coefficient (Wildman–Crippen LogP) is 2.27. The molecule has 1 fully saturated rings. The topological polar surface area (TPSA) is 38.0 Å². The van der Waals surface area contributed by atoms with E-state index < -0.39 is 0 Å². The molecule has 0 amide bonds. The lowest BCUT2D eigenvalue weighted by Crippen LogP contribution is -2.06. The maximum absolute atomic E-state index is 8.94. The van der Waals surface area contributed by atoms with Gasteiger partial charge in [0.1, 0.15) is 5.82 Å². The van der Waals surface area contributed by atoms with E-state index in [9.17, 15) is 0 Å². The number of nitrogens with zero attached hydrogens (tertiary/aromatic N) is 2. The molecule has 3 nitrogen and oxygen atoms in total. The maximum Gasteiger partial charge on any atom is 0.150 e. The zero-order valence-corrected chi connectivity index (χ0v) is 9.80. The van der Waals surface area contributed by atoms with Crippen LogP contribution in [0.25, 0.3) is 0 Å². The minimum absolute atomic E-state index is 0.128. The zero-order chi connectivity index (χ0) is 10.8. The van der Waals surface area contributed by atoms with Crippen LogP contribution in [0.5, 0.6) is 0 Å². The van der Waals surface area contributed by atoms with Gasteiger partial charge in [0, 0.05) is 26.0 Å². The largest absolute Gasteiger partial charge is 0.396 e. The molecule has 0 radical (unpaired) electrons. The Morgan fingerprint density at radius 2 is 2.13 bits per heavy atom. The third-order valence-corrected chi connectivity index (χ3v) is 3.57. The molecule has 1 heterocycles. The van der Waals surface area contributed by atoms with Crippen LogP contribution in [-0.2, 0) is 13.5 Å². The van der Waals surface area contributed by atoms with Crippen LogP contribution < -0.4 is 0 Å². The Hall–Kier alpha value is -0.540. The van der Waals surface area contributed by atoms with E-state index in [2.05, 4.69) is 9.55 Å². The van der Waals surface area contributed by atoms with Crippen molar-refractivity contribution in [2.24, 2.45) is 7.05 Å². The van der Waals surface area contributed by atoms with Crippen LogP contribution in [0.2, 0.25) is 5.15 Å². The molecule has 1 aromatic rings. The number of rotatable bonds is 3. The van der Waals surface area contributed by atoms with Crippen LogP contribution in [0.15, 0.2) is 0 Å². The first-order valence-corrected chi connectivity index (χ1v) is 5.93. The van der Waals surface area contributed by atoms with Gasteiger partial charge in [0.05, 0.1) is 5.69 Å². The van der Waals surface area contributed by atoms with Gasteiger partial charge < -0.3 is 9.67 Å². The Bertz CT molecular complexity index is 343. The van der Waals surface area contributed by atoms with Crippen molar-refractivity contribution in [2.75, 3.05) is 6.61 Å². The van der Waals surface area contributed by atoms with Crippen LogP contribution in [-0.4, -0.2) is 21.3 Å².